The number of hydrogen-bond donors (Lipinski definition) is 2. The fourth-order valence-corrected chi connectivity index (χ4v) is 8.41. The van der Waals surface area contributed by atoms with Crippen molar-refractivity contribution in [2.45, 2.75) is 24.3 Å². The molecule has 0 saturated heterocycles. The lowest BCUT2D eigenvalue weighted by Crippen LogP contribution is -2.45. The second-order valence-electron chi connectivity index (χ2n) is 15.6. The number of carbonyl (C=O) groups excluding carboxylic acids is 2. The Morgan fingerprint density at radius 2 is 0.851 bits per heavy atom. The van der Waals surface area contributed by atoms with Crippen LogP contribution in [0.5, 0.6) is 23.0 Å². The molecule has 0 aliphatic carbocycles. The highest BCUT2D eigenvalue weighted by Gasteiger charge is 2.50. The van der Waals surface area contributed by atoms with Crippen LogP contribution in [0, 0.1) is 0 Å². The van der Waals surface area contributed by atoms with Gasteiger partial charge in [-0.3, -0.25) is 9.59 Å². The van der Waals surface area contributed by atoms with Gasteiger partial charge in [0.15, 0.2) is 0 Å². The Labute approximate surface area is 389 Å². The van der Waals surface area contributed by atoms with E-state index < -0.39 is 11.2 Å². The van der Waals surface area contributed by atoms with Crippen molar-refractivity contribution < 1.29 is 33.3 Å². The van der Waals surface area contributed by atoms with E-state index in [1.807, 2.05) is 155 Å². The van der Waals surface area contributed by atoms with Crippen molar-refractivity contribution in [2.24, 2.45) is 0 Å². The number of hydrogen-bond acceptors (Lipinski definition) is 9. The molecule has 340 valence electrons. The maximum Gasteiger partial charge on any atom is 0.255 e. The third-order valence-electron chi connectivity index (χ3n) is 11.8. The van der Waals surface area contributed by atoms with Crippen LogP contribution in [0.1, 0.15) is 54.1 Å². The molecule has 0 aliphatic heterocycles. The Morgan fingerprint density at radius 3 is 1.19 bits per heavy atom. The number of nitrogens with one attached hydrogen (secondary N) is 2. The van der Waals surface area contributed by atoms with Crippen LogP contribution < -0.4 is 29.6 Å². The van der Waals surface area contributed by atoms with E-state index in [2.05, 4.69) is 20.6 Å². The van der Waals surface area contributed by atoms with Crippen molar-refractivity contribution in [3.63, 3.8) is 0 Å². The molecule has 2 unspecified atom stereocenters. The monoisotopic (exact) mass is 896 g/mol. The zero-order chi connectivity index (χ0) is 46.6. The van der Waals surface area contributed by atoms with Crippen molar-refractivity contribution in [3.8, 4) is 23.0 Å². The first-order valence-electron chi connectivity index (χ1n) is 21.8. The fraction of sp³-hybridized carbons (Fsp3) is 0.185. The summed E-state index contributed by atoms with van der Waals surface area (Å²) in [7, 11) is 6.33. The molecule has 8 aromatic rings. The highest BCUT2D eigenvalue weighted by atomic mass is 16.5. The third-order valence-corrected chi connectivity index (χ3v) is 11.8. The van der Waals surface area contributed by atoms with Crippen LogP contribution in [0.2, 0.25) is 0 Å². The van der Waals surface area contributed by atoms with Crippen LogP contribution in [0.4, 0.5) is 0 Å². The molecule has 67 heavy (non-hydrogen) atoms. The van der Waals surface area contributed by atoms with Crippen molar-refractivity contribution >= 4 is 11.8 Å². The van der Waals surface area contributed by atoms with Crippen molar-refractivity contribution in [3.05, 3.63) is 228 Å². The standard InChI is InChI=1S/C54H52N6O7/c1-63-45-21-15-41(16-22-45)53(39-11-7-5-8-12-39,43-19-25-49(65-3)47(35-43)51(61)57-29-33-59-31-27-55-37-59)67-54(40-13-9-6-10-14-40,42-17-23-46(64-2)24-18-42)44-20-26-50(66-4)48(36-44)52(62)58-30-34-60-32-28-56-38-60/h5-28,31-32,35-38H,29-30,33-34H2,1-4H3,(H,57,61)(H,58,62). The summed E-state index contributed by atoms with van der Waals surface area (Å²) < 4.78 is 35.2. The molecule has 0 radical (unpaired) electrons. The maximum absolute atomic E-state index is 14.4. The van der Waals surface area contributed by atoms with Gasteiger partial charge in [0.2, 0.25) is 0 Å². The zero-order valence-electron chi connectivity index (χ0n) is 37.8. The normalized spacial score (nSPS) is 12.8. The van der Waals surface area contributed by atoms with Crippen molar-refractivity contribution in [1.82, 2.24) is 29.7 Å². The summed E-state index contributed by atoms with van der Waals surface area (Å²) in [6.07, 6.45) is 10.5. The average Bonchev–Trinajstić information content (AvgIpc) is 4.13. The Morgan fingerprint density at radius 1 is 0.478 bits per heavy atom. The first-order valence-corrected chi connectivity index (χ1v) is 21.8. The molecule has 0 spiro atoms. The summed E-state index contributed by atoms with van der Waals surface area (Å²) >= 11 is 0. The smallest absolute Gasteiger partial charge is 0.255 e. The molecule has 2 aromatic heterocycles. The van der Waals surface area contributed by atoms with Crippen LogP contribution in [0.15, 0.2) is 183 Å². The number of nitrogens with zero attached hydrogens (tertiary/aromatic N) is 4. The topological polar surface area (TPSA) is 140 Å². The van der Waals surface area contributed by atoms with Gasteiger partial charge in [-0.1, -0.05) is 97.1 Å². The molecule has 8 rings (SSSR count). The first-order chi connectivity index (χ1) is 32.8. The highest BCUT2D eigenvalue weighted by Crippen LogP contribution is 2.52. The minimum Gasteiger partial charge on any atom is -0.497 e. The number of ether oxygens (including phenoxy) is 5. The lowest BCUT2D eigenvalue weighted by molar-refractivity contribution is -0.0811. The Kier molecular flexibility index (Phi) is 14.1. The lowest BCUT2D eigenvalue weighted by atomic mass is 9.74. The van der Waals surface area contributed by atoms with Gasteiger partial charge in [-0.05, 0) is 81.9 Å². The number of rotatable bonds is 20. The van der Waals surface area contributed by atoms with Gasteiger partial charge < -0.3 is 43.5 Å². The second kappa shape index (κ2) is 20.8. The molecular weight excluding hydrogens is 845 g/mol. The molecular formula is C54H52N6O7. The minimum absolute atomic E-state index is 0.303. The van der Waals surface area contributed by atoms with Crippen LogP contribution in [0.3, 0.4) is 0 Å². The molecule has 2 amide bonds. The summed E-state index contributed by atoms with van der Waals surface area (Å²) in [5, 5.41) is 6.16. The van der Waals surface area contributed by atoms with Gasteiger partial charge in [0.25, 0.3) is 11.8 Å². The molecule has 2 atom stereocenters. The fourth-order valence-electron chi connectivity index (χ4n) is 8.41. The Balaban J connectivity index is 1.40. The summed E-state index contributed by atoms with van der Waals surface area (Å²) in [6, 6.07) is 46.3. The Bertz CT molecular complexity index is 2660. The number of benzene rings is 6. The van der Waals surface area contributed by atoms with Gasteiger partial charge in [-0.2, -0.15) is 0 Å². The molecule has 0 aliphatic rings. The van der Waals surface area contributed by atoms with Crippen LogP contribution in [-0.4, -0.2) is 72.4 Å². The summed E-state index contributed by atoms with van der Waals surface area (Å²) in [5.41, 5.74) is 1.73. The average molecular weight is 897 g/mol. The molecule has 0 bridgehead atoms. The lowest BCUT2D eigenvalue weighted by Gasteiger charge is -2.46. The minimum atomic E-state index is -1.52. The van der Waals surface area contributed by atoms with E-state index in [0.29, 0.717) is 71.4 Å². The summed E-state index contributed by atoms with van der Waals surface area (Å²) in [6.45, 7) is 1.72. The predicted octanol–water partition coefficient (Wildman–Crippen LogP) is 8.27. The molecule has 6 aromatic carbocycles. The van der Waals surface area contributed by atoms with Crippen LogP contribution in [0.25, 0.3) is 0 Å². The van der Waals surface area contributed by atoms with E-state index in [9.17, 15) is 9.59 Å². The quantitative estimate of drug-likeness (QED) is 0.0724. The van der Waals surface area contributed by atoms with Gasteiger partial charge in [-0.25, -0.2) is 9.97 Å². The highest BCUT2D eigenvalue weighted by molar-refractivity contribution is 5.98. The van der Waals surface area contributed by atoms with E-state index in [0.717, 1.165) is 22.3 Å². The van der Waals surface area contributed by atoms with E-state index >= 15 is 0 Å². The molecule has 2 heterocycles. The van der Waals surface area contributed by atoms with Gasteiger partial charge in [0.1, 0.15) is 34.2 Å². The van der Waals surface area contributed by atoms with Crippen molar-refractivity contribution in [1.29, 1.82) is 0 Å². The number of aromatic nitrogens is 4. The molecule has 2 N–H and O–H groups in total. The summed E-state index contributed by atoms with van der Waals surface area (Å²) in [4.78, 5) is 37.0. The zero-order valence-corrected chi connectivity index (χ0v) is 37.8. The van der Waals surface area contributed by atoms with E-state index in [4.69, 9.17) is 23.7 Å². The SMILES string of the molecule is COc1ccc(C(OC(c2ccccc2)(c2ccc(OC)cc2)c2ccc(OC)c(C(=O)NCCn3ccnc3)c2)(c2ccccc2)c2ccc(OC)c(C(=O)NCCn3ccnc3)c2)cc1. The van der Waals surface area contributed by atoms with Gasteiger partial charge in [0, 0.05) is 51.0 Å². The Hall–Kier alpha value is -8.16. The van der Waals surface area contributed by atoms with Crippen LogP contribution in [-0.2, 0) is 29.0 Å². The molecule has 13 heteroatoms. The molecule has 0 fully saturated rings. The number of imidazole rings is 2. The molecule has 13 nitrogen and oxygen atoms in total. The van der Waals surface area contributed by atoms with Gasteiger partial charge >= 0.3 is 0 Å². The number of carbonyl (C=O) groups is 2. The van der Waals surface area contributed by atoms with Gasteiger partial charge in [-0.15, -0.1) is 0 Å². The largest absolute Gasteiger partial charge is 0.497 e. The number of amides is 2. The third kappa shape index (κ3) is 9.49. The maximum atomic E-state index is 14.4. The van der Waals surface area contributed by atoms with Crippen molar-refractivity contribution in [2.75, 3.05) is 41.5 Å². The van der Waals surface area contributed by atoms with Gasteiger partial charge in [0.05, 0.1) is 52.2 Å². The number of methoxy groups -OCH3 is 4. The summed E-state index contributed by atoms with van der Waals surface area (Å²) in [5.74, 6) is 1.37. The molecule has 0 saturated carbocycles. The van der Waals surface area contributed by atoms with E-state index in [1.165, 1.54) is 0 Å². The van der Waals surface area contributed by atoms with Crippen LogP contribution >= 0.6 is 0 Å². The predicted molar refractivity (Wildman–Crippen MR) is 255 cm³/mol. The van der Waals surface area contributed by atoms with E-state index in [-0.39, 0.29) is 11.8 Å². The first kappa shape index (κ1) is 45.4. The van der Waals surface area contributed by atoms with E-state index in [1.54, 1.807) is 65.6 Å². The second-order valence-corrected chi connectivity index (χ2v) is 15.6.